The van der Waals surface area contributed by atoms with Gasteiger partial charge in [0.2, 0.25) is 0 Å². The van der Waals surface area contributed by atoms with Crippen molar-refractivity contribution in [2.45, 2.75) is 26.8 Å². The molecule has 0 saturated carbocycles. The second-order valence-electron chi connectivity index (χ2n) is 4.62. The molecule has 2 aromatic heterocycles. The summed E-state index contributed by atoms with van der Waals surface area (Å²) in [7, 11) is 0. The second kappa shape index (κ2) is 8.04. The lowest BCUT2D eigenvalue weighted by atomic mass is 10.3. The summed E-state index contributed by atoms with van der Waals surface area (Å²) in [5, 5.41) is 6.51. The summed E-state index contributed by atoms with van der Waals surface area (Å²) in [6, 6.07) is 4.01. The van der Waals surface area contributed by atoms with Gasteiger partial charge in [-0.25, -0.2) is 15.0 Å². The van der Waals surface area contributed by atoms with Crippen LogP contribution < -0.4 is 10.6 Å². The van der Waals surface area contributed by atoms with Crippen molar-refractivity contribution in [3.8, 4) is 5.82 Å². The van der Waals surface area contributed by atoms with E-state index in [-0.39, 0.29) is 0 Å². The molecule has 0 fully saturated rings. The van der Waals surface area contributed by atoms with E-state index in [1.165, 1.54) is 0 Å². The number of aromatic nitrogens is 3. The van der Waals surface area contributed by atoms with E-state index in [1.54, 1.807) is 12.5 Å². The number of rotatable bonds is 6. The standard InChI is InChI=1S/C15H22N6/c1-3-7-18-15(17-4-2)20-11-13-5-6-14(19-10-13)21-9-8-16-12-21/h5-6,8-10,12H,3-4,7,11H2,1-2H3,(H2,17,18,20). The minimum atomic E-state index is 0.607. The number of hydrogen-bond donors (Lipinski definition) is 2. The number of pyridine rings is 1. The first-order chi connectivity index (χ1) is 10.3. The number of aliphatic imine (C=N–C) groups is 1. The van der Waals surface area contributed by atoms with Gasteiger partial charge in [-0.3, -0.25) is 4.57 Å². The summed E-state index contributed by atoms with van der Waals surface area (Å²) in [5.41, 5.74) is 1.08. The first-order valence-electron chi connectivity index (χ1n) is 7.29. The zero-order valence-corrected chi connectivity index (χ0v) is 12.6. The van der Waals surface area contributed by atoms with Crippen molar-refractivity contribution in [1.29, 1.82) is 0 Å². The fraction of sp³-hybridized carbons (Fsp3) is 0.400. The summed E-state index contributed by atoms with van der Waals surface area (Å²) in [6.45, 7) is 6.58. The number of imidazole rings is 1. The quantitative estimate of drug-likeness (QED) is 0.627. The van der Waals surface area contributed by atoms with Crippen LogP contribution in [0.3, 0.4) is 0 Å². The van der Waals surface area contributed by atoms with Crippen LogP contribution in [0.1, 0.15) is 25.8 Å². The molecule has 0 atom stereocenters. The topological polar surface area (TPSA) is 67.1 Å². The van der Waals surface area contributed by atoms with E-state index in [2.05, 4.69) is 39.4 Å². The molecular formula is C15H22N6. The summed E-state index contributed by atoms with van der Waals surface area (Å²) in [6.07, 6.45) is 8.27. The van der Waals surface area contributed by atoms with Crippen LogP contribution in [0.4, 0.5) is 0 Å². The Hall–Kier alpha value is -2.37. The van der Waals surface area contributed by atoms with Crippen LogP contribution in [0.2, 0.25) is 0 Å². The Morgan fingerprint density at radius 1 is 1.29 bits per heavy atom. The normalized spacial score (nSPS) is 11.4. The summed E-state index contributed by atoms with van der Waals surface area (Å²) >= 11 is 0. The lowest BCUT2D eigenvalue weighted by Crippen LogP contribution is -2.37. The zero-order valence-electron chi connectivity index (χ0n) is 12.6. The highest BCUT2D eigenvalue weighted by Crippen LogP contribution is 2.06. The largest absolute Gasteiger partial charge is 0.357 e. The lowest BCUT2D eigenvalue weighted by molar-refractivity contribution is 0.785. The van der Waals surface area contributed by atoms with Gasteiger partial charge in [-0.2, -0.15) is 0 Å². The van der Waals surface area contributed by atoms with Gasteiger partial charge in [0.25, 0.3) is 0 Å². The predicted molar refractivity (Wildman–Crippen MR) is 84.5 cm³/mol. The molecular weight excluding hydrogens is 264 g/mol. The van der Waals surface area contributed by atoms with Crippen molar-refractivity contribution < 1.29 is 0 Å². The van der Waals surface area contributed by atoms with Crippen molar-refractivity contribution in [2.75, 3.05) is 13.1 Å². The molecule has 2 aromatic rings. The molecule has 112 valence electrons. The first-order valence-corrected chi connectivity index (χ1v) is 7.29. The molecule has 2 heterocycles. The van der Waals surface area contributed by atoms with Crippen molar-refractivity contribution in [2.24, 2.45) is 4.99 Å². The van der Waals surface area contributed by atoms with Gasteiger partial charge in [-0.15, -0.1) is 0 Å². The van der Waals surface area contributed by atoms with Crippen LogP contribution in [-0.4, -0.2) is 33.6 Å². The Balaban J connectivity index is 1.98. The summed E-state index contributed by atoms with van der Waals surface area (Å²) < 4.78 is 1.87. The Kier molecular flexibility index (Phi) is 5.75. The second-order valence-corrected chi connectivity index (χ2v) is 4.62. The molecule has 0 aliphatic heterocycles. The molecule has 0 bridgehead atoms. The Bertz CT molecular complexity index is 544. The van der Waals surface area contributed by atoms with Gasteiger partial charge in [0.05, 0.1) is 6.54 Å². The summed E-state index contributed by atoms with van der Waals surface area (Å²) in [5.74, 6) is 1.70. The molecule has 2 N–H and O–H groups in total. The smallest absolute Gasteiger partial charge is 0.191 e. The van der Waals surface area contributed by atoms with E-state index in [0.29, 0.717) is 6.54 Å². The molecule has 0 unspecified atom stereocenters. The SMILES string of the molecule is CCCNC(=NCc1ccc(-n2ccnc2)nc1)NCC. The average molecular weight is 286 g/mol. The van der Waals surface area contributed by atoms with E-state index < -0.39 is 0 Å². The molecule has 6 nitrogen and oxygen atoms in total. The number of nitrogens with zero attached hydrogens (tertiary/aromatic N) is 4. The minimum absolute atomic E-state index is 0.607. The average Bonchev–Trinajstić information content (AvgIpc) is 3.05. The molecule has 2 rings (SSSR count). The maximum Gasteiger partial charge on any atom is 0.191 e. The zero-order chi connectivity index (χ0) is 14.9. The molecule has 0 spiro atoms. The maximum absolute atomic E-state index is 4.55. The predicted octanol–water partition coefficient (Wildman–Crippen LogP) is 1.73. The monoisotopic (exact) mass is 286 g/mol. The molecule has 0 aliphatic rings. The summed E-state index contributed by atoms with van der Waals surface area (Å²) in [4.78, 5) is 13.0. The van der Waals surface area contributed by atoms with Gasteiger partial charge in [0.15, 0.2) is 5.96 Å². The fourth-order valence-electron chi connectivity index (χ4n) is 1.81. The first kappa shape index (κ1) is 15.0. The van der Waals surface area contributed by atoms with Gasteiger partial charge < -0.3 is 10.6 Å². The van der Waals surface area contributed by atoms with Gasteiger partial charge in [-0.1, -0.05) is 13.0 Å². The van der Waals surface area contributed by atoms with Crippen LogP contribution >= 0.6 is 0 Å². The molecule has 0 saturated heterocycles. The minimum Gasteiger partial charge on any atom is -0.357 e. The van der Waals surface area contributed by atoms with Crippen LogP contribution in [0.5, 0.6) is 0 Å². The highest BCUT2D eigenvalue weighted by Gasteiger charge is 1.99. The van der Waals surface area contributed by atoms with E-state index in [4.69, 9.17) is 0 Å². The molecule has 21 heavy (non-hydrogen) atoms. The van der Waals surface area contributed by atoms with E-state index in [1.807, 2.05) is 29.1 Å². The highest BCUT2D eigenvalue weighted by atomic mass is 15.2. The Morgan fingerprint density at radius 2 is 2.19 bits per heavy atom. The van der Waals surface area contributed by atoms with Gasteiger partial charge in [-0.05, 0) is 25.0 Å². The molecule has 0 aromatic carbocycles. The Morgan fingerprint density at radius 3 is 2.81 bits per heavy atom. The molecule has 0 amide bonds. The van der Waals surface area contributed by atoms with Crippen LogP contribution in [0.25, 0.3) is 5.82 Å². The third-order valence-corrected chi connectivity index (χ3v) is 2.88. The van der Waals surface area contributed by atoms with Crippen LogP contribution in [0.15, 0.2) is 42.0 Å². The highest BCUT2D eigenvalue weighted by molar-refractivity contribution is 5.79. The third kappa shape index (κ3) is 4.59. The molecule has 0 aliphatic carbocycles. The van der Waals surface area contributed by atoms with Gasteiger partial charge in [0.1, 0.15) is 12.1 Å². The van der Waals surface area contributed by atoms with Crippen LogP contribution in [-0.2, 0) is 6.54 Å². The van der Waals surface area contributed by atoms with Crippen molar-refractivity contribution in [3.05, 3.63) is 42.6 Å². The van der Waals surface area contributed by atoms with Crippen molar-refractivity contribution >= 4 is 5.96 Å². The number of guanidine groups is 1. The van der Waals surface area contributed by atoms with E-state index >= 15 is 0 Å². The molecule has 0 radical (unpaired) electrons. The van der Waals surface area contributed by atoms with Crippen molar-refractivity contribution in [3.63, 3.8) is 0 Å². The number of nitrogens with one attached hydrogen (secondary N) is 2. The Labute approximate surface area is 125 Å². The van der Waals surface area contributed by atoms with Crippen LogP contribution in [0, 0.1) is 0 Å². The lowest BCUT2D eigenvalue weighted by Gasteiger charge is -2.10. The fourth-order valence-corrected chi connectivity index (χ4v) is 1.81. The third-order valence-electron chi connectivity index (χ3n) is 2.88. The number of hydrogen-bond acceptors (Lipinski definition) is 3. The van der Waals surface area contributed by atoms with Gasteiger partial charge in [0, 0.05) is 31.7 Å². The van der Waals surface area contributed by atoms with Crippen molar-refractivity contribution in [1.82, 2.24) is 25.2 Å². The maximum atomic E-state index is 4.55. The van der Waals surface area contributed by atoms with E-state index in [9.17, 15) is 0 Å². The van der Waals surface area contributed by atoms with Gasteiger partial charge >= 0.3 is 0 Å². The van der Waals surface area contributed by atoms with E-state index in [0.717, 1.165) is 36.9 Å². The molecule has 6 heteroatoms.